The first kappa shape index (κ1) is 15.8. The summed E-state index contributed by atoms with van der Waals surface area (Å²) < 4.78 is 5.45. The fourth-order valence-electron chi connectivity index (χ4n) is 3.05. The average Bonchev–Trinajstić information content (AvgIpc) is 2.53. The van der Waals surface area contributed by atoms with Gasteiger partial charge in [-0.3, -0.25) is 4.90 Å². The number of benzene rings is 1. The molecule has 0 bridgehead atoms. The lowest BCUT2D eigenvalue weighted by Crippen LogP contribution is -2.51. The topological polar surface area (TPSA) is 49.8 Å². The summed E-state index contributed by atoms with van der Waals surface area (Å²) in [4.78, 5) is 14.2. The quantitative estimate of drug-likeness (QED) is 0.905. The van der Waals surface area contributed by atoms with Crippen LogP contribution in [0.5, 0.6) is 0 Å². The van der Waals surface area contributed by atoms with E-state index in [-0.39, 0.29) is 31.4 Å². The Bertz CT molecular complexity index is 433. The minimum atomic E-state index is -0.295. The van der Waals surface area contributed by atoms with Crippen LogP contribution < -0.4 is 0 Å². The second-order valence-corrected chi connectivity index (χ2v) is 5.66. The van der Waals surface area contributed by atoms with Gasteiger partial charge in [-0.05, 0) is 31.2 Å². The van der Waals surface area contributed by atoms with Crippen molar-refractivity contribution in [1.29, 1.82) is 0 Å². The average molecular weight is 291 g/mol. The molecule has 2 rings (SSSR count). The van der Waals surface area contributed by atoms with Gasteiger partial charge < -0.3 is 9.84 Å². The first-order valence-corrected chi connectivity index (χ1v) is 7.86. The molecule has 0 radical (unpaired) electrons. The number of amides is 1. The molecular formula is C17H25NO3. The van der Waals surface area contributed by atoms with Crippen molar-refractivity contribution in [2.45, 2.75) is 57.7 Å². The molecule has 21 heavy (non-hydrogen) atoms. The van der Waals surface area contributed by atoms with Crippen LogP contribution >= 0.6 is 0 Å². The lowest BCUT2D eigenvalue weighted by Gasteiger charge is -2.40. The number of hydrogen-bond acceptors (Lipinski definition) is 3. The Morgan fingerprint density at radius 1 is 1.29 bits per heavy atom. The highest BCUT2D eigenvalue weighted by atomic mass is 16.6. The second-order valence-electron chi connectivity index (χ2n) is 5.66. The van der Waals surface area contributed by atoms with Crippen LogP contribution in [-0.4, -0.2) is 34.8 Å². The van der Waals surface area contributed by atoms with Crippen molar-refractivity contribution >= 4 is 6.09 Å². The number of hydrogen-bond donors (Lipinski definition) is 1. The first-order chi connectivity index (χ1) is 10.3. The Morgan fingerprint density at radius 3 is 2.67 bits per heavy atom. The van der Waals surface area contributed by atoms with Gasteiger partial charge in [-0.15, -0.1) is 0 Å². The summed E-state index contributed by atoms with van der Waals surface area (Å²) in [5, 5.41) is 9.53. The molecule has 1 aromatic rings. The Balaban J connectivity index is 1.98. The molecule has 4 nitrogen and oxygen atoms in total. The van der Waals surface area contributed by atoms with Crippen molar-refractivity contribution in [1.82, 2.24) is 4.90 Å². The molecule has 1 heterocycles. The number of piperidine rings is 1. The van der Waals surface area contributed by atoms with E-state index in [9.17, 15) is 9.90 Å². The third kappa shape index (κ3) is 4.21. The summed E-state index contributed by atoms with van der Waals surface area (Å²) >= 11 is 0. The van der Waals surface area contributed by atoms with Gasteiger partial charge in [0, 0.05) is 6.04 Å². The molecule has 0 unspecified atom stereocenters. The molecule has 1 N–H and O–H groups in total. The third-order valence-corrected chi connectivity index (χ3v) is 4.11. The summed E-state index contributed by atoms with van der Waals surface area (Å²) in [6.07, 6.45) is 4.64. The molecule has 1 aliphatic heterocycles. The van der Waals surface area contributed by atoms with Crippen molar-refractivity contribution in [2.75, 3.05) is 6.61 Å². The molecule has 1 fully saturated rings. The lowest BCUT2D eigenvalue weighted by molar-refractivity contribution is 0.0207. The maximum atomic E-state index is 12.4. The minimum Gasteiger partial charge on any atom is -0.445 e. The van der Waals surface area contributed by atoms with E-state index in [1.54, 1.807) is 4.90 Å². The number of carbonyl (C=O) groups is 1. The first-order valence-electron chi connectivity index (χ1n) is 7.86. The van der Waals surface area contributed by atoms with Gasteiger partial charge in [-0.25, -0.2) is 4.79 Å². The molecule has 0 aromatic heterocycles. The number of rotatable bonds is 5. The summed E-state index contributed by atoms with van der Waals surface area (Å²) in [6, 6.07) is 9.78. The summed E-state index contributed by atoms with van der Waals surface area (Å²) in [6.45, 7) is 2.42. The van der Waals surface area contributed by atoms with Gasteiger partial charge in [0.15, 0.2) is 0 Å². The number of likely N-dealkylation sites (tertiary alicyclic amines) is 1. The summed E-state index contributed by atoms with van der Waals surface area (Å²) in [7, 11) is 0. The maximum Gasteiger partial charge on any atom is 0.410 e. The lowest BCUT2D eigenvalue weighted by atomic mass is 9.93. The molecule has 4 heteroatoms. The number of aliphatic hydroxyl groups is 1. The number of aliphatic hydroxyl groups excluding tert-OH is 1. The fraction of sp³-hybridized carbons (Fsp3) is 0.588. The molecule has 0 aliphatic carbocycles. The number of carbonyl (C=O) groups excluding carboxylic acids is 1. The Kier molecular flexibility index (Phi) is 6.05. The van der Waals surface area contributed by atoms with Gasteiger partial charge in [0.2, 0.25) is 0 Å². The largest absolute Gasteiger partial charge is 0.445 e. The van der Waals surface area contributed by atoms with Crippen molar-refractivity contribution in [3.05, 3.63) is 35.9 Å². The zero-order valence-electron chi connectivity index (χ0n) is 12.7. The van der Waals surface area contributed by atoms with Crippen molar-refractivity contribution in [3.8, 4) is 0 Å². The van der Waals surface area contributed by atoms with Crippen LogP contribution in [0.1, 0.15) is 44.6 Å². The molecule has 1 amide bonds. The van der Waals surface area contributed by atoms with Crippen molar-refractivity contribution in [3.63, 3.8) is 0 Å². The molecule has 1 aromatic carbocycles. The third-order valence-electron chi connectivity index (χ3n) is 4.11. The zero-order chi connectivity index (χ0) is 15.1. The van der Waals surface area contributed by atoms with E-state index in [0.29, 0.717) is 0 Å². The van der Waals surface area contributed by atoms with E-state index in [2.05, 4.69) is 6.92 Å². The van der Waals surface area contributed by atoms with Crippen LogP contribution in [0.25, 0.3) is 0 Å². The SMILES string of the molecule is CCC[C@H]1CCC[C@@H](CO)N1C(=O)OCc1ccccc1. The van der Waals surface area contributed by atoms with Crippen molar-refractivity contribution in [2.24, 2.45) is 0 Å². The molecule has 116 valence electrons. The van der Waals surface area contributed by atoms with E-state index < -0.39 is 0 Å². The number of ether oxygens (including phenoxy) is 1. The van der Waals surface area contributed by atoms with Crippen LogP contribution in [0.15, 0.2) is 30.3 Å². The molecule has 2 atom stereocenters. The van der Waals surface area contributed by atoms with Gasteiger partial charge in [-0.2, -0.15) is 0 Å². The Morgan fingerprint density at radius 2 is 2.00 bits per heavy atom. The smallest absolute Gasteiger partial charge is 0.410 e. The van der Waals surface area contributed by atoms with E-state index in [1.807, 2.05) is 30.3 Å². The zero-order valence-corrected chi connectivity index (χ0v) is 12.7. The van der Waals surface area contributed by atoms with Gasteiger partial charge >= 0.3 is 6.09 Å². The molecule has 1 saturated heterocycles. The van der Waals surface area contributed by atoms with Crippen LogP contribution in [0, 0.1) is 0 Å². The second kappa shape index (κ2) is 8.03. The molecule has 0 saturated carbocycles. The molecule has 1 aliphatic rings. The Hall–Kier alpha value is -1.55. The van der Waals surface area contributed by atoms with Crippen LogP contribution in [-0.2, 0) is 11.3 Å². The molecular weight excluding hydrogens is 266 g/mol. The standard InChI is InChI=1S/C17H25NO3/c1-2-7-15-10-6-11-16(12-19)18(15)17(20)21-13-14-8-4-3-5-9-14/h3-5,8-9,15-16,19H,2,6-7,10-13H2,1H3/t15-,16-/m0/s1. The highest BCUT2D eigenvalue weighted by Crippen LogP contribution is 2.26. The van der Waals surface area contributed by atoms with Crippen molar-refractivity contribution < 1.29 is 14.6 Å². The summed E-state index contributed by atoms with van der Waals surface area (Å²) in [5.41, 5.74) is 0.982. The summed E-state index contributed by atoms with van der Waals surface area (Å²) in [5.74, 6) is 0. The van der Waals surface area contributed by atoms with Crippen LogP contribution in [0.3, 0.4) is 0 Å². The van der Waals surface area contributed by atoms with E-state index in [1.165, 1.54) is 0 Å². The van der Waals surface area contributed by atoms with Gasteiger partial charge in [0.05, 0.1) is 12.6 Å². The van der Waals surface area contributed by atoms with E-state index in [4.69, 9.17) is 4.74 Å². The van der Waals surface area contributed by atoms with Crippen LogP contribution in [0.4, 0.5) is 4.79 Å². The van der Waals surface area contributed by atoms with E-state index in [0.717, 1.165) is 37.7 Å². The predicted octanol–water partition coefficient (Wildman–Crippen LogP) is 3.34. The monoisotopic (exact) mass is 291 g/mol. The van der Waals surface area contributed by atoms with Gasteiger partial charge in [0.25, 0.3) is 0 Å². The van der Waals surface area contributed by atoms with E-state index >= 15 is 0 Å². The van der Waals surface area contributed by atoms with Gasteiger partial charge in [0.1, 0.15) is 6.61 Å². The highest BCUT2D eigenvalue weighted by molar-refractivity contribution is 5.68. The van der Waals surface area contributed by atoms with Gasteiger partial charge in [-0.1, -0.05) is 43.7 Å². The minimum absolute atomic E-state index is 0.0145. The fourth-order valence-corrected chi connectivity index (χ4v) is 3.05. The molecule has 0 spiro atoms. The number of nitrogens with zero attached hydrogens (tertiary/aromatic N) is 1. The maximum absolute atomic E-state index is 12.4. The predicted molar refractivity (Wildman–Crippen MR) is 81.9 cm³/mol. The Labute approximate surface area is 126 Å². The normalized spacial score (nSPS) is 22.1. The van der Waals surface area contributed by atoms with Crippen LogP contribution in [0.2, 0.25) is 0 Å². The highest BCUT2D eigenvalue weighted by Gasteiger charge is 2.34.